The van der Waals surface area contributed by atoms with E-state index in [4.69, 9.17) is 4.74 Å². The van der Waals surface area contributed by atoms with Gasteiger partial charge in [0.2, 0.25) is 0 Å². The molecule has 2 aromatic heterocycles. The van der Waals surface area contributed by atoms with Crippen molar-refractivity contribution >= 4 is 11.4 Å². The lowest BCUT2D eigenvalue weighted by Gasteiger charge is -2.04. The Morgan fingerprint density at radius 1 is 1.29 bits per heavy atom. The molecule has 3 rings (SSSR count). The lowest BCUT2D eigenvalue weighted by atomic mass is 10.1. The van der Waals surface area contributed by atoms with Gasteiger partial charge in [0.1, 0.15) is 12.4 Å². The first-order valence-electron chi connectivity index (χ1n) is 6.49. The predicted molar refractivity (Wildman–Crippen MR) is 75.9 cm³/mol. The Labute approximate surface area is 120 Å². The second-order valence-corrected chi connectivity index (χ2v) is 4.69. The largest absolute Gasteiger partial charge is 0.487 e. The summed E-state index contributed by atoms with van der Waals surface area (Å²) in [5.74, 6) is 0.282. The molecule has 0 fully saturated rings. The Morgan fingerprint density at radius 2 is 2.05 bits per heavy atom. The predicted octanol–water partition coefficient (Wildman–Crippen LogP) is 3.26. The number of ketones is 1. The molecule has 0 aliphatic rings. The Morgan fingerprint density at radius 3 is 2.71 bits per heavy atom. The molecule has 2 heterocycles. The quantitative estimate of drug-likeness (QED) is 0.691. The van der Waals surface area contributed by atoms with Crippen molar-refractivity contribution in [2.75, 3.05) is 0 Å². The number of aromatic nitrogens is 2. The monoisotopic (exact) mass is 284 g/mol. The molecule has 0 N–H and O–H groups in total. The number of pyridine rings is 1. The van der Waals surface area contributed by atoms with E-state index < -0.39 is 0 Å². The van der Waals surface area contributed by atoms with Gasteiger partial charge in [0.05, 0.1) is 5.69 Å². The van der Waals surface area contributed by atoms with Crippen LogP contribution in [0, 0.1) is 5.82 Å². The molecule has 1 aromatic carbocycles. The topological polar surface area (TPSA) is 43.6 Å². The second kappa shape index (κ2) is 5.36. The zero-order chi connectivity index (χ0) is 14.8. The molecule has 106 valence electrons. The number of benzene rings is 1. The van der Waals surface area contributed by atoms with Gasteiger partial charge in [-0.05, 0) is 43.3 Å². The van der Waals surface area contributed by atoms with Gasteiger partial charge in [-0.2, -0.15) is 0 Å². The fraction of sp³-hybridized carbons (Fsp3) is 0.125. The number of imidazole rings is 1. The van der Waals surface area contributed by atoms with Crippen LogP contribution < -0.4 is 4.74 Å². The van der Waals surface area contributed by atoms with Crippen molar-refractivity contribution in [2.24, 2.45) is 0 Å². The summed E-state index contributed by atoms with van der Waals surface area (Å²) in [5, 5.41) is 0. The van der Waals surface area contributed by atoms with Crippen LogP contribution >= 0.6 is 0 Å². The average molecular weight is 284 g/mol. The molecule has 4 nitrogen and oxygen atoms in total. The fourth-order valence-electron chi connectivity index (χ4n) is 2.04. The van der Waals surface area contributed by atoms with Gasteiger partial charge in [-0.25, -0.2) is 9.37 Å². The molecule has 0 bridgehead atoms. The number of carbonyl (C=O) groups excluding carboxylic acids is 1. The molecule has 0 spiro atoms. The molecule has 0 saturated heterocycles. The maximum atomic E-state index is 13.5. The maximum Gasteiger partial charge on any atom is 0.173 e. The molecule has 0 saturated carbocycles. The highest BCUT2D eigenvalue weighted by atomic mass is 19.1. The molecule has 0 aliphatic carbocycles. The van der Waals surface area contributed by atoms with E-state index in [1.165, 1.54) is 13.0 Å². The van der Waals surface area contributed by atoms with Gasteiger partial charge in [-0.15, -0.1) is 0 Å². The van der Waals surface area contributed by atoms with Gasteiger partial charge in [0.25, 0.3) is 0 Å². The van der Waals surface area contributed by atoms with Crippen LogP contribution in [0.2, 0.25) is 0 Å². The molecule has 0 unspecified atom stereocenters. The molecule has 0 atom stereocenters. The lowest BCUT2D eigenvalue weighted by Crippen LogP contribution is -1.97. The van der Waals surface area contributed by atoms with Crippen LogP contribution in [0.15, 0.2) is 48.8 Å². The molecule has 0 radical (unpaired) electrons. The number of hydrogen-bond donors (Lipinski definition) is 0. The zero-order valence-corrected chi connectivity index (χ0v) is 11.4. The van der Waals surface area contributed by atoms with Gasteiger partial charge >= 0.3 is 0 Å². The number of nitrogens with zero attached hydrogens (tertiary/aromatic N) is 2. The van der Waals surface area contributed by atoms with E-state index in [0.717, 1.165) is 0 Å². The Hall–Kier alpha value is -2.69. The minimum Gasteiger partial charge on any atom is -0.487 e. The van der Waals surface area contributed by atoms with Crippen molar-refractivity contribution in [3.63, 3.8) is 0 Å². The molecule has 0 amide bonds. The normalized spacial score (nSPS) is 10.8. The molecule has 0 aliphatic heterocycles. The third kappa shape index (κ3) is 2.76. The summed E-state index contributed by atoms with van der Waals surface area (Å²) < 4.78 is 20.7. The van der Waals surface area contributed by atoms with E-state index in [0.29, 0.717) is 17.0 Å². The maximum absolute atomic E-state index is 13.5. The first-order chi connectivity index (χ1) is 10.1. The number of fused-ring (bicyclic) bond motifs is 1. The minimum absolute atomic E-state index is 0.0115. The number of hydrogen-bond acceptors (Lipinski definition) is 3. The first kappa shape index (κ1) is 13.3. The van der Waals surface area contributed by atoms with Crippen LogP contribution in [0.25, 0.3) is 5.65 Å². The summed E-state index contributed by atoms with van der Waals surface area (Å²) in [6.07, 6.45) is 3.46. The van der Waals surface area contributed by atoms with Crippen molar-refractivity contribution in [1.29, 1.82) is 0 Å². The van der Waals surface area contributed by atoms with Gasteiger partial charge in [-0.1, -0.05) is 0 Å². The van der Waals surface area contributed by atoms with E-state index in [2.05, 4.69) is 4.98 Å². The number of halogens is 1. The van der Waals surface area contributed by atoms with Gasteiger partial charge in [0.15, 0.2) is 17.2 Å². The fourth-order valence-corrected chi connectivity index (χ4v) is 2.04. The van der Waals surface area contributed by atoms with Crippen LogP contribution in [0.4, 0.5) is 4.39 Å². The van der Waals surface area contributed by atoms with Gasteiger partial charge in [-0.3, -0.25) is 4.79 Å². The summed E-state index contributed by atoms with van der Waals surface area (Å²) in [4.78, 5) is 15.4. The molecule has 3 aromatic rings. The third-order valence-electron chi connectivity index (χ3n) is 3.13. The smallest absolute Gasteiger partial charge is 0.173 e. The standard InChI is InChI=1S/C16H13FN2O2/c1-11(20)12-4-6-14(7-5-12)21-10-13-9-19-8-2-3-15(17)16(19)18-13/h2-9H,10H2,1H3. The number of carbonyl (C=O) groups is 1. The van der Waals surface area contributed by atoms with Crippen LogP contribution in [0.5, 0.6) is 5.75 Å². The number of rotatable bonds is 4. The summed E-state index contributed by atoms with van der Waals surface area (Å²) in [6.45, 7) is 1.75. The Balaban J connectivity index is 1.74. The second-order valence-electron chi connectivity index (χ2n) is 4.69. The SMILES string of the molecule is CC(=O)c1ccc(OCc2cn3cccc(F)c3n2)cc1. The molecular weight excluding hydrogens is 271 g/mol. The highest BCUT2D eigenvalue weighted by Gasteiger charge is 2.06. The van der Waals surface area contributed by atoms with Gasteiger partial charge in [0, 0.05) is 18.0 Å². The number of Topliss-reactive ketones (excluding diaryl/α,β-unsaturated/α-hetero) is 1. The highest BCUT2D eigenvalue weighted by molar-refractivity contribution is 5.94. The molecule has 21 heavy (non-hydrogen) atoms. The Bertz CT molecular complexity index is 794. The highest BCUT2D eigenvalue weighted by Crippen LogP contribution is 2.15. The molecular formula is C16H13FN2O2. The Kier molecular flexibility index (Phi) is 3.39. The number of ether oxygens (including phenoxy) is 1. The summed E-state index contributed by atoms with van der Waals surface area (Å²) in [7, 11) is 0. The van der Waals surface area contributed by atoms with Gasteiger partial charge < -0.3 is 9.14 Å². The van der Waals surface area contributed by atoms with E-state index >= 15 is 0 Å². The first-order valence-corrected chi connectivity index (χ1v) is 6.49. The van der Waals surface area contributed by atoms with Crippen molar-refractivity contribution in [3.05, 3.63) is 65.9 Å². The minimum atomic E-state index is -0.366. The summed E-state index contributed by atoms with van der Waals surface area (Å²) in [5.41, 5.74) is 1.55. The van der Waals surface area contributed by atoms with E-state index in [1.54, 1.807) is 47.1 Å². The van der Waals surface area contributed by atoms with Crippen molar-refractivity contribution in [2.45, 2.75) is 13.5 Å². The van der Waals surface area contributed by atoms with E-state index in [1.807, 2.05) is 0 Å². The van der Waals surface area contributed by atoms with Crippen LogP contribution in [0.1, 0.15) is 23.0 Å². The lowest BCUT2D eigenvalue weighted by molar-refractivity contribution is 0.101. The van der Waals surface area contributed by atoms with E-state index in [9.17, 15) is 9.18 Å². The van der Waals surface area contributed by atoms with Crippen LogP contribution in [-0.2, 0) is 6.61 Å². The zero-order valence-electron chi connectivity index (χ0n) is 11.4. The van der Waals surface area contributed by atoms with Crippen molar-refractivity contribution in [1.82, 2.24) is 9.38 Å². The summed E-state index contributed by atoms with van der Waals surface area (Å²) in [6, 6.07) is 9.87. The average Bonchev–Trinajstić information content (AvgIpc) is 2.90. The van der Waals surface area contributed by atoms with Crippen molar-refractivity contribution < 1.29 is 13.9 Å². The van der Waals surface area contributed by atoms with Crippen molar-refractivity contribution in [3.8, 4) is 5.75 Å². The van der Waals surface area contributed by atoms with E-state index in [-0.39, 0.29) is 23.9 Å². The van der Waals surface area contributed by atoms with Crippen LogP contribution in [0.3, 0.4) is 0 Å². The summed E-state index contributed by atoms with van der Waals surface area (Å²) >= 11 is 0. The molecule has 5 heteroatoms. The third-order valence-corrected chi connectivity index (χ3v) is 3.13. The van der Waals surface area contributed by atoms with Crippen LogP contribution in [-0.4, -0.2) is 15.2 Å².